The van der Waals surface area contributed by atoms with E-state index in [4.69, 9.17) is 0 Å². The molecule has 1 fully saturated rings. The molecule has 1 N–H and O–H groups in total. The quantitative estimate of drug-likeness (QED) is 0.803. The second-order valence-corrected chi connectivity index (χ2v) is 4.81. The Morgan fingerprint density at radius 1 is 1.38 bits per heavy atom. The summed E-state index contributed by atoms with van der Waals surface area (Å²) in [6.45, 7) is 1.98. The largest absolute Gasteiger partial charge is 0.296 e. The summed E-state index contributed by atoms with van der Waals surface area (Å²) < 4.78 is 0.995. The first-order valence-electron chi connectivity index (χ1n) is 5.18. The predicted molar refractivity (Wildman–Crippen MR) is 64.0 cm³/mol. The summed E-state index contributed by atoms with van der Waals surface area (Å²) in [7, 11) is 0. The molecule has 0 radical (unpaired) electrons. The van der Waals surface area contributed by atoms with E-state index in [0.29, 0.717) is 12.8 Å². The van der Waals surface area contributed by atoms with Gasteiger partial charge in [-0.2, -0.15) is 0 Å². The molecule has 1 heterocycles. The van der Waals surface area contributed by atoms with Crippen molar-refractivity contribution in [2.45, 2.75) is 25.7 Å². The normalized spacial score (nSPS) is 20.8. The zero-order chi connectivity index (χ0) is 11.7. The summed E-state index contributed by atoms with van der Waals surface area (Å²) in [6, 6.07) is 5.81. The van der Waals surface area contributed by atoms with Gasteiger partial charge in [0.05, 0.1) is 5.92 Å². The van der Waals surface area contributed by atoms with Crippen molar-refractivity contribution in [3.05, 3.63) is 33.8 Å². The van der Waals surface area contributed by atoms with E-state index in [-0.39, 0.29) is 17.7 Å². The summed E-state index contributed by atoms with van der Waals surface area (Å²) in [6.07, 6.45) is 1.02. The Bertz CT molecular complexity index is 456. The van der Waals surface area contributed by atoms with Gasteiger partial charge in [-0.3, -0.25) is 14.9 Å². The third-order valence-corrected chi connectivity index (χ3v) is 3.78. The molecule has 0 aliphatic carbocycles. The Hall–Kier alpha value is -1.16. The summed E-state index contributed by atoms with van der Waals surface area (Å²) in [5.41, 5.74) is 2.07. The molecule has 0 bridgehead atoms. The molecule has 1 aliphatic heterocycles. The van der Waals surface area contributed by atoms with E-state index in [1.807, 2.05) is 25.1 Å². The molecule has 0 spiro atoms. The van der Waals surface area contributed by atoms with Gasteiger partial charge >= 0.3 is 0 Å². The van der Waals surface area contributed by atoms with E-state index < -0.39 is 0 Å². The predicted octanol–water partition coefficient (Wildman–Crippen LogP) is 2.28. The Balaban J connectivity index is 2.34. The first-order chi connectivity index (χ1) is 7.59. The molecule has 1 aromatic carbocycles. The van der Waals surface area contributed by atoms with Crippen LogP contribution in [0.5, 0.6) is 0 Å². The Labute approximate surface area is 102 Å². The van der Waals surface area contributed by atoms with Gasteiger partial charge in [-0.05, 0) is 30.5 Å². The second kappa shape index (κ2) is 4.37. The maximum absolute atomic E-state index is 11.7. The van der Waals surface area contributed by atoms with Crippen molar-refractivity contribution >= 4 is 27.7 Å². The molecule has 1 aromatic rings. The van der Waals surface area contributed by atoms with Gasteiger partial charge < -0.3 is 0 Å². The van der Waals surface area contributed by atoms with E-state index in [1.165, 1.54) is 0 Å². The molecule has 2 amide bonds. The molecule has 0 aromatic heterocycles. The highest BCUT2D eigenvalue weighted by Gasteiger charge is 2.29. The summed E-state index contributed by atoms with van der Waals surface area (Å²) in [5, 5.41) is 2.38. The Morgan fingerprint density at radius 2 is 2.12 bits per heavy atom. The molecule has 1 saturated heterocycles. The number of hydrogen-bond donors (Lipinski definition) is 1. The van der Waals surface area contributed by atoms with E-state index >= 15 is 0 Å². The minimum absolute atomic E-state index is 0.172. The highest BCUT2D eigenvalue weighted by atomic mass is 79.9. The maximum Gasteiger partial charge on any atom is 0.234 e. The van der Waals surface area contributed by atoms with Crippen LogP contribution in [0.4, 0.5) is 0 Å². The summed E-state index contributed by atoms with van der Waals surface area (Å²) >= 11 is 3.45. The lowest BCUT2D eigenvalue weighted by Crippen LogP contribution is -2.39. The van der Waals surface area contributed by atoms with Crippen molar-refractivity contribution in [3.8, 4) is 0 Å². The van der Waals surface area contributed by atoms with E-state index in [0.717, 1.165) is 15.6 Å². The van der Waals surface area contributed by atoms with Crippen LogP contribution in [0.3, 0.4) is 0 Å². The third kappa shape index (κ3) is 2.02. The molecule has 1 unspecified atom stereocenters. The van der Waals surface area contributed by atoms with Crippen LogP contribution in [-0.4, -0.2) is 11.8 Å². The molecule has 0 saturated carbocycles. The average molecular weight is 282 g/mol. The van der Waals surface area contributed by atoms with Crippen LogP contribution in [0.15, 0.2) is 22.7 Å². The van der Waals surface area contributed by atoms with Gasteiger partial charge in [0.25, 0.3) is 0 Å². The SMILES string of the molecule is Cc1c(Br)cccc1C1CCC(=O)NC1=O. The van der Waals surface area contributed by atoms with E-state index in [1.54, 1.807) is 0 Å². The van der Waals surface area contributed by atoms with Crippen LogP contribution in [0.25, 0.3) is 0 Å². The molecule has 3 nitrogen and oxygen atoms in total. The first-order valence-corrected chi connectivity index (χ1v) is 5.97. The molecule has 1 atom stereocenters. The van der Waals surface area contributed by atoms with Gasteiger partial charge in [-0.25, -0.2) is 0 Å². The molecule has 84 valence electrons. The Morgan fingerprint density at radius 3 is 2.81 bits per heavy atom. The highest BCUT2D eigenvalue weighted by molar-refractivity contribution is 9.10. The number of rotatable bonds is 1. The van der Waals surface area contributed by atoms with Gasteiger partial charge in [0, 0.05) is 10.9 Å². The monoisotopic (exact) mass is 281 g/mol. The lowest BCUT2D eigenvalue weighted by Gasteiger charge is -2.22. The number of piperidine rings is 1. The first kappa shape index (κ1) is 11.3. The minimum atomic E-state index is -0.199. The number of nitrogens with one attached hydrogen (secondary N) is 1. The summed E-state index contributed by atoms with van der Waals surface area (Å²) in [4.78, 5) is 22.8. The number of benzene rings is 1. The van der Waals surface area contributed by atoms with Gasteiger partial charge in [0.15, 0.2) is 0 Å². The fourth-order valence-electron chi connectivity index (χ4n) is 1.99. The smallest absolute Gasteiger partial charge is 0.234 e. The zero-order valence-corrected chi connectivity index (χ0v) is 10.5. The van der Waals surface area contributed by atoms with Crippen molar-refractivity contribution in [1.82, 2.24) is 5.32 Å². The molecule has 1 aliphatic rings. The molecular weight excluding hydrogens is 270 g/mol. The Kier molecular flexibility index (Phi) is 3.10. The lowest BCUT2D eigenvalue weighted by molar-refractivity contribution is -0.134. The number of carbonyl (C=O) groups is 2. The van der Waals surface area contributed by atoms with Crippen LogP contribution in [-0.2, 0) is 9.59 Å². The van der Waals surface area contributed by atoms with Crippen LogP contribution in [0.1, 0.15) is 29.9 Å². The molecule has 4 heteroatoms. The number of carbonyl (C=O) groups excluding carboxylic acids is 2. The number of hydrogen-bond acceptors (Lipinski definition) is 2. The maximum atomic E-state index is 11.7. The van der Waals surface area contributed by atoms with Crippen LogP contribution in [0.2, 0.25) is 0 Å². The number of amides is 2. The number of halogens is 1. The van der Waals surface area contributed by atoms with Crippen molar-refractivity contribution in [1.29, 1.82) is 0 Å². The standard InChI is InChI=1S/C12H12BrNO2/c1-7-8(3-2-4-10(7)13)9-5-6-11(15)14-12(9)16/h2-4,9H,5-6H2,1H3,(H,14,15,16). The van der Waals surface area contributed by atoms with Crippen LogP contribution < -0.4 is 5.32 Å². The summed E-state index contributed by atoms with van der Waals surface area (Å²) in [5.74, 6) is -0.554. The van der Waals surface area contributed by atoms with E-state index in [2.05, 4.69) is 21.2 Å². The second-order valence-electron chi connectivity index (χ2n) is 3.96. The fraction of sp³-hybridized carbons (Fsp3) is 0.333. The molecule has 2 rings (SSSR count). The van der Waals surface area contributed by atoms with Crippen molar-refractivity contribution in [2.75, 3.05) is 0 Å². The van der Waals surface area contributed by atoms with Gasteiger partial charge in [-0.1, -0.05) is 28.1 Å². The zero-order valence-electron chi connectivity index (χ0n) is 8.92. The van der Waals surface area contributed by atoms with Crippen molar-refractivity contribution in [3.63, 3.8) is 0 Å². The van der Waals surface area contributed by atoms with Gasteiger partial charge in [0.1, 0.15) is 0 Å². The van der Waals surface area contributed by atoms with Gasteiger partial charge in [0.2, 0.25) is 11.8 Å². The molecular formula is C12H12BrNO2. The van der Waals surface area contributed by atoms with Crippen molar-refractivity contribution < 1.29 is 9.59 Å². The number of imide groups is 1. The van der Waals surface area contributed by atoms with E-state index in [9.17, 15) is 9.59 Å². The topological polar surface area (TPSA) is 46.2 Å². The van der Waals surface area contributed by atoms with Gasteiger partial charge in [-0.15, -0.1) is 0 Å². The van der Waals surface area contributed by atoms with Crippen molar-refractivity contribution in [2.24, 2.45) is 0 Å². The highest BCUT2D eigenvalue weighted by Crippen LogP contribution is 2.30. The fourth-order valence-corrected chi connectivity index (χ4v) is 2.37. The van der Waals surface area contributed by atoms with Crippen LogP contribution >= 0.6 is 15.9 Å². The lowest BCUT2D eigenvalue weighted by atomic mass is 9.88. The minimum Gasteiger partial charge on any atom is -0.296 e. The third-order valence-electron chi connectivity index (χ3n) is 2.92. The van der Waals surface area contributed by atoms with Crippen LogP contribution in [0, 0.1) is 6.92 Å². The molecule has 16 heavy (non-hydrogen) atoms. The average Bonchev–Trinajstić information content (AvgIpc) is 2.23.